The molecule has 2 aromatic carbocycles. The average Bonchev–Trinajstić information content (AvgIpc) is 3.10. The molecule has 0 unspecified atom stereocenters. The molecule has 0 aliphatic carbocycles. The third kappa shape index (κ3) is 4.04. The number of ether oxygens (including phenoxy) is 1. The smallest absolute Gasteiger partial charge is 0.263 e. The molecule has 1 aliphatic rings. The second-order valence-electron chi connectivity index (χ2n) is 6.55. The molecule has 1 amide bonds. The standard InChI is InChI=1S/C20H19ClN2O4S2/c21-18-15-6-2-3-7-16(15)28-19(18)20(24)22-13-14-5-1-4-8-17(14)29(25,26)23-9-11-27-12-10-23/h1-8H,9-13H2,(H,22,24). The van der Waals surface area contributed by atoms with Crippen LogP contribution in [0.1, 0.15) is 15.2 Å². The van der Waals surface area contributed by atoms with Crippen LogP contribution < -0.4 is 5.32 Å². The first kappa shape index (κ1) is 20.3. The number of hydrogen-bond acceptors (Lipinski definition) is 5. The molecule has 0 atom stereocenters. The number of amides is 1. The number of sulfonamides is 1. The first-order valence-electron chi connectivity index (χ1n) is 9.09. The molecule has 6 nitrogen and oxygen atoms in total. The predicted octanol–water partition coefficient (Wildman–Crippen LogP) is 3.51. The zero-order valence-electron chi connectivity index (χ0n) is 15.4. The molecule has 1 aromatic heterocycles. The highest BCUT2D eigenvalue weighted by atomic mass is 35.5. The zero-order valence-corrected chi connectivity index (χ0v) is 17.8. The second kappa shape index (κ2) is 8.41. The van der Waals surface area contributed by atoms with Crippen molar-refractivity contribution in [3.8, 4) is 0 Å². The van der Waals surface area contributed by atoms with Crippen molar-refractivity contribution in [3.63, 3.8) is 0 Å². The van der Waals surface area contributed by atoms with E-state index in [4.69, 9.17) is 16.3 Å². The Morgan fingerprint density at radius 2 is 1.79 bits per heavy atom. The zero-order chi connectivity index (χ0) is 20.4. The van der Waals surface area contributed by atoms with Crippen LogP contribution in [-0.4, -0.2) is 44.9 Å². The lowest BCUT2D eigenvalue weighted by molar-refractivity contribution is 0.0730. The topological polar surface area (TPSA) is 75.7 Å². The van der Waals surface area contributed by atoms with Gasteiger partial charge in [-0.25, -0.2) is 8.42 Å². The van der Waals surface area contributed by atoms with Crippen LogP contribution in [0.5, 0.6) is 0 Å². The van der Waals surface area contributed by atoms with Crippen LogP contribution >= 0.6 is 22.9 Å². The molecule has 0 radical (unpaired) electrons. The van der Waals surface area contributed by atoms with Gasteiger partial charge < -0.3 is 10.1 Å². The van der Waals surface area contributed by atoms with E-state index >= 15 is 0 Å². The van der Waals surface area contributed by atoms with E-state index in [0.29, 0.717) is 41.8 Å². The van der Waals surface area contributed by atoms with Crippen molar-refractivity contribution in [3.05, 3.63) is 64.0 Å². The first-order chi connectivity index (χ1) is 14.0. The summed E-state index contributed by atoms with van der Waals surface area (Å²) in [5.41, 5.74) is 0.532. The molecule has 0 saturated carbocycles. The number of rotatable bonds is 5. The summed E-state index contributed by atoms with van der Waals surface area (Å²) in [6.45, 7) is 1.48. The number of benzene rings is 2. The maximum Gasteiger partial charge on any atom is 0.263 e. The summed E-state index contributed by atoms with van der Waals surface area (Å²) in [6.07, 6.45) is 0. The van der Waals surface area contributed by atoms with E-state index in [1.165, 1.54) is 15.6 Å². The summed E-state index contributed by atoms with van der Waals surface area (Å²) in [5, 5.41) is 4.06. The highest BCUT2D eigenvalue weighted by Crippen LogP contribution is 2.35. The summed E-state index contributed by atoms with van der Waals surface area (Å²) in [6, 6.07) is 14.3. The first-order valence-corrected chi connectivity index (χ1v) is 11.7. The fourth-order valence-electron chi connectivity index (χ4n) is 3.24. The van der Waals surface area contributed by atoms with E-state index in [9.17, 15) is 13.2 Å². The van der Waals surface area contributed by atoms with E-state index in [1.807, 2.05) is 24.3 Å². The Labute approximate surface area is 178 Å². The molecule has 1 fully saturated rings. The number of carbonyl (C=O) groups excluding carboxylic acids is 1. The van der Waals surface area contributed by atoms with Gasteiger partial charge in [-0.1, -0.05) is 48.0 Å². The van der Waals surface area contributed by atoms with Crippen LogP contribution in [0.15, 0.2) is 53.4 Å². The lowest BCUT2D eigenvalue weighted by Gasteiger charge is -2.27. The monoisotopic (exact) mass is 450 g/mol. The van der Waals surface area contributed by atoms with E-state index in [2.05, 4.69) is 5.32 Å². The molecule has 0 spiro atoms. The van der Waals surface area contributed by atoms with Crippen LogP contribution in [0.4, 0.5) is 0 Å². The summed E-state index contributed by atoms with van der Waals surface area (Å²) >= 11 is 7.69. The Bertz CT molecular complexity index is 1150. The van der Waals surface area contributed by atoms with Crippen LogP contribution in [0.2, 0.25) is 5.02 Å². The molecule has 4 rings (SSSR count). The SMILES string of the molecule is O=C(NCc1ccccc1S(=O)(=O)N1CCOCC1)c1sc2ccccc2c1Cl. The number of carbonyl (C=O) groups is 1. The number of morpholine rings is 1. The van der Waals surface area contributed by atoms with Crippen molar-refractivity contribution in [1.82, 2.24) is 9.62 Å². The minimum Gasteiger partial charge on any atom is -0.379 e. The highest BCUT2D eigenvalue weighted by Gasteiger charge is 2.28. The number of nitrogens with one attached hydrogen (secondary N) is 1. The average molecular weight is 451 g/mol. The van der Waals surface area contributed by atoms with E-state index in [1.54, 1.807) is 24.3 Å². The molecular formula is C20H19ClN2O4S2. The van der Waals surface area contributed by atoms with Crippen molar-refractivity contribution in [2.45, 2.75) is 11.4 Å². The number of halogens is 1. The molecule has 152 valence electrons. The molecule has 29 heavy (non-hydrogen) atoms. The van der Waals surface area contributed by atoms with Gasteiger partial charge in [0.25, 0.3) is 5.91 Å². The highest BCUT2D eigenvalue weighted by molar-refractivity contribution is 7.89. The van der Waals surface area contributed by atoms with Gasteiger partial charge in [-0.05, 0) is 17.7 Å². The summed E-state index contributed by atoms with van der Waals surface area (Å²) < 4.78 is 33.7. The van der Waals surface area contributed by atoms with Gasteiger partial charge in [0.05, 0.1) is 23.1 Å². The second-order valence-corrected chi connectivity index (χ2v) is 9.88. The minimum absolute atomic E-state index is 0.0865. The minimum atomic E-state index is -3.66. The fraction of sp³-hybridized carbons (Fsp3) is 0.250. The van der Waals surface area contributed by atoms with Crippen molar-refractivity contribution >= 4 is 49.0 Å². The van der Waals surface area contributed by atoms with Crippen LogP contribution in [0.3, 0.4) is 0 Å². The Hall–Kier alpha value is -1.97. The molecule has 1 aliphatic heterocycles. The normalized spacial score (nSPS) is 15.5. The van der Waals surface area contributed by atoms with Gasteiger partial charge in [0.1, 0.15) is 4.88 Å². The van der Waals surface area contributed by atoms with Crippen molar-refractivity contribution in [2.24, 2.45) is 0 Å². The van der Waals surface area contributed by atoms with Crippen molar-refractivity contribution in [1.29, 1.82) is 0 Å². The predicted molar refractivity (Wildman–Crippen MR) is 114 cm³/mol. The number of thiophene rings is 1. The van der Waals surface area contributed by atoms with Gasteiger partial charge >= 0.3 is 0 Å². The van der Waals surface area contributed by atoms with Gasteiger partial charge in [0.15, 0.2) is 0 Å². The maximum atomic E-state index is 13.0. The lowest BCUT2D eigenvalue weighted by atomic mass is 10.2. The lowest BCUT2D eigenvalue weighted by Crippen LogP contribution is -2.41. The Balaban J connectivity index is 1.56. The van der Waals surface area contributed by atoms with Gasteiger partial charge in [-0.2, -0.15) is 4.31 Å². The largest absolute Gasteiger partial charge is 0.379 e. The molecule has 0 bridgehead atoms. The molecule has 1 saturated heterocycles. The molecule has 9 heteroatoms. The molecule has 1 N–H and O–H groups in total. The Kier molecular flexibility index (Phi) is 5.89. The van der Waals surface area contributed by atoms with Gasteiger partial charge in [-0.15, -0.1) is 11.3 Å². The number of fused-ring (bicyclic) bond motifs is 1. The van der Waals surface area contributed by atoms with Gasteiger partial charge in [0.2, 0.25) is 10.0 Å². The van der Waals surface area contributed by atoms with E-state index in [0.717, 1.165) is 10.1 Å². The molecule has 2 heterocycles. The van der Waals surface area contributed by atoms with Gasteiger partial charge in [-0.3, -0.25) is 4.79 Å². The van der Waals surface area contributed by atoms with Crippen molar-refractivity contribution < 1.29 is 17.9 Å². The number of nitrogens with zero attached hydrogens (tertiary/aromatic N) is 1. The van der Waals surface area contributed by atoms with Crippen LogP contribution in [-0.2, 0) is 21.3 Å². The third-order valence-corrected chi connectivity index (χ3v) is 8.41. The third-order valence-electron chi connectivity index (χ3n) is 4.74. The molecule has 3 aromatic rings. The maximum absolute atomic E-state index is 13.0. The fourth-order valence-corrected chi connectivity index (χ4v) is 6.31. The summed E-state index contributed by atoms with van der Waals surface area (Å²) in [4.78, 5) is 13.3. The van der Waals surface area contributed by atoms with Crippen LogP contribution in [0.25, 0.3) is 10.1 Å². The number of hydrogen-bond donors (Lipinski definition) is 1. The quantitative estimate of drug-likeness (QED) is 0.645. The summed E-state index contributed by atoms with van der Waals surface area (Å²) in [7, 11) is -3.66. The van der Waals surface area contributed by atoms with E-state index in [-0.39, 0.29) is 17.3 Å². The van der Waals surface area contributed by atoms with Crippen molar-refractivity contribution in [2.75, 3.05) is 26.3 Å². The van der Waals surface area contributed by atoms with Crippen LogP contribution in [0, 0.1) is 0 Å². The Morgan fingerprint density at radius 3 is 2.55 bits per heavy atom. The van der Waals surface area contributed by atoms with Gasteiger partial charge in [0, 0.05) is 29.7 Å². The summed E-state index contributed by atoms with van der Waals surface area (Å²) in [5.74, 6) is -0.324. The van der Waals surface area contributed by atoms with E-state index < -0.39 is 10.0 Å². The molecular weight excluding hydrogens is 432 g/mol. The Morgan fingerprint density at radius 1 is 1.10 bits per heavy atom.